The van der Waals surface area contributed by atoms with E-state index < -0.39 is 5.97 Å². The smallest absolute Gasteiger partial charge is 0.338 e. The molecular weight excluding hydrogens is 322 g/mol. The average molecular weight is 349 g/mol. The molecule has 1 heterocycles. The summed E-state index contributed by atoms with van der Waals surface area (Å²) in [5, 5.41) is 2.73. The molecule has 0 aliphatic carbocycles. The van der Waals surface area contributed by atoms with E-state index in [0.717, 1.165) is 25.9 Å². The molecule has 0 aromatic heterocycles. The molecule has 1 saturated heterocycles. The van der Waals surface area contributed by atoms with Crippen molar-refractivity contribution in [1.29, 1.82) is 0 Å². The first-order valence-electron chi connectivity index (χ1n) is 8.83. The number of carbonyl (C=O) groups is 2. The van der Waals surface area contributed by atoms with Gasteiger partial charge < -0.3 is 19.5 Å². The molecule has 138 valence electrons. The number of benzene rings is 1. The van der Waals surface area contributed by atoms with Gasteiger partial charge in [0.15, 0.2) is 6.61 Å². The van der Waals surface area contributed by atoms with Crippen LogP contribution in [0.1, 0.15) is 43.5 Å². The molecule has 0 saturated carbocycles. The summed E-state index contributed by atoms with van der Waals surface area (Å²) in [6.45, 7) is 5.80. The van der Waals surface area contributed by atoms with Crippen LogP contribution >= 0.6 is 0 Å². The molecule has 1 N–H and O–H groups in total. The molecule has 1 aromatic rings. The van der Waals surface area contributed by atoms with E-state index in [4.69, 9.17) is 14.2 Å². The van der Waals surface area contributed by atoms with E-state index >= 15 is 0 Å². The van der Waals surface area contributed by atoms with Gasteiger partial charge in [-0.1, -0.05) is 13.8 Å². The van der Waals surface area contributed by atoms with Gasteiger partial charge in [-0.05, 0) is 49.4 Å². The Bertz CT molecular complexity index is 549. The molecule has 25 heavy (non-hydrogen) atoms. The van der Waals surface area contributed by atoms with Crippen molar-refractivity contribution in [3.63, 3.8) is 0 Å². The van der Waals surface area contributed by atoms with Crippen LogP contribution in [0.15, 0.2) is 24.3 Å². The molecule has 0 unspecified atom stereocenters. The third-order valence-corrected chi connectivity index (χ3v) is 3.93. The van der Waals surface area contributed by atoms with Crippen molar-refractivity contribution in [3.8, 4) is 5.75 Å². The minimum absolute atomic E-state index is 0.152. The number of rotatable bonds is 9. The van der Waals surface area contributed by atoms with Crippen molar-refractivity contribution < 1.29 is 23.8 Å². The highest BCUT2D eigenvalue weighted by Crippen LogP contribution is 2.17. The third-order valence-electron chi connectivity index (χ3n) is 3.93. The minimum Gasteiger partial charge on any atom is -0.491 e. The van der Waals surface area contributed by atoms with Gasteiger partial charge in [0.25, 0.3) is 5.91 Å². The lowest BCUT2D eigenvalue weighted by molar-refractivity contribution is -0.124. The summed E-state index contributed by atoms with van der Waals surface area (Å²) in [5.74, 6) is 0.387. The van der Waals surface area contributed by atoms with Gasteiger partial charge in [-0.25, -0.2) is 4.79 Å². The summed E-state index contributed by atoms with van der Waals surface area (Å²) >= 11 is 0. The van der Waals surface area contributed by atoms with E-state index in [0.29, 0.717) is 30.4 Å². The second-order valence-corrected chi connectivity index (χ2v) is 6.58. The van der Waals surface area contributed by atoms with Crippen LogP contribution in [0.25, 0.3) is 0 Å². The molecule has 1 fully saturated rings. The molecule has 1 aromatic carbocycles. The molecule has 1 amide bonds. The standard InChI is InChI=1S/C19H27NO5/c1-14(2)9-10-20-18(21)13-25-19(22)15-5-7-16(8-6-15)24-12-17-4-3-11-23-17/h5-8,14,17H,3-4,9-13H2,1-2H3,(H,20,21)/t17-/m0/s1. The quantitative estimate of drug-likeness (QED) is 0.694. The van der Waals surface area contributed by atoms with Crippen LogP contribution in [0.2, 0.25) is 0 Å². The summed E-state index contributed by atoms with van der Waals surface area (Å²) in [5.41, 5.74) is 0.388. The summed E-state index contributed by atoms with van der Waals surface area (Å²) in [6.07, 6.45) is 3.14. The van der Waals surface area contributed by atoms with E-state index in [1.54, 1.807) is 24.3 Å². The Hall–Kier alpha value is -2.08. The van der Waals surface area contributed by atoms with Gasteiger partial charge in [0.05, 0.1) is 11.7 Å². The van der Waals surface area contributed by atoms with Gasteiger partial charge in [0, 0.05) is 13.2 Å². The Morgan fingerprint density at radius 1 is 1.28 bits per heavy atom. The van der Waals surface area contributed by atoms with Crippen LogP contribution in [0.5, 0.6) is 5.75 Å². The lowest BCUT2D eigenvalue weighted by atomic mass is 10.1. The predicted molar refractivity (Wildman–Crippen MR) is 93.7 cm³/mol. The zero-order valence-corrected chi connectivity index (χ0v) is 15.0. The maximum Gasteiger partial charge on any atom is 0.338 e. The highest BCUT2D eigenvalue weighted by Gasteiger charge is 2.16. The topological polar surface area (TPSA) is 73.9 Å². The lowest BCUT2D eigenvalue weighted by Gasteiger charge is -2.11. The van der Waals surface area contributed by atoms with Crippen LogP contribution in [0.4, 0.5) is 0 Å². The number of nitrogens with one attached hydrogen (secondary N) is 1. The molecular formula is C19H27NO5. The Morgan fingerprint density at radius 3 is 2.68 bits per heavy atom. The Morgan fingerprint density at radius 2 is 2.04 bits per heavy atom. The molecule has 1 aliphatic rings. The number of hydrogen-bond donors (Lipinski definition) is 1. The molecule has 0 bridgehead atoms. The number of hydrogen-bond acceptors (Lipinski definition) is 5. The van der Waals surface area contributed by atoms with Gasteiger partial charge in [-0.3, -0.25) is 4.79 Å². The van der Waals surface area contributed by atoms with Crippen LogP contribution in [0.3, 0.4) is 0 Å². The molecule has 6 heteroatoms. The van der Waals surface area contributed by atoms with Gasteiger partial charge in [0.2, 0.25) is 0 Å². The monoisotopic (exact) mass is 349 g/mol. The summed E-state index contributed by atoms with van der Waals surface area (Å²) < 4.78 is 16.2. The second-order valence-electron chi connectivity index (χ2n) is 6.58. The van der Waals surface area contributed by atoms with Crippen molar-refractivity contribution in [2.45, 2.75) is 39.2 Å². The largest absolute Gasteiger partial charge is 0.491 e. The Kier molecular flexibility index (Phi) is 7.73. The molecule has 6 nitrogen and oxygen atoms in total. The fraction of sp³-hybridized carbons (Fsp3) is 0.579. The maximum absolute atomic E-state index is 11.9. The minimum atomic E-state index is -0.523. The zero-order chi connectivity index (χ0) is 18.1. The second kappa shape index (κ2) is 10.0. The third kappa shape index (κ3) is 7.13. The molecule has 1 atom stereocenters. The molecule has 0 spiro atoms. The SMILES string of the molecule is CC(C)CCNC(=O)COC(=O)c1ccc(OC[C@@H]2CCCO2)cc1. The maximum atomic E-state index is 11.9. The van der Waals surface area contributed by atoms with Gasteiger partial charge in [-0.2, -0.15) is 0 Å². The fourth-order valence-corrected chi connectivity index (χ4v) is 2.42. The number of amides is 1. The van der Waals surface area contributed by atoms with E-state index in [1.807, 2.05) is 0 Å². The first-order valence-corrected chi connectivity index (χ1v) is 8.83. The lowest BCUT2D eigenvalue weighted by Crippen LogP contribution is -2.30. The number of esters is 1. The fourth-order valence-electron chi connectivity index (χ4n) is 2.42. The summed E-state index contributed by atoms with van der Waals surface area (Å²) in [6, 6.07) is 6.69. The summed E-state index contributed by atoms with van der Waals surface area (Å²) in [4.78, 5) is 23.6. The molecule has 2 rings (SSSR count). The van der Waals surface area contributed by atoms with Crippen molar-refractivity contribution in [3.05, 3.63) is 29.8 Å². The van der Waals surface area contributed by atoms with E-state index in [1.165, 1.54) is 0 Å². The number of carbonyl (C=O) groups excluding carboxylic acids is 2. The van der Waals surface area contributed by atoms with Crippen molar-refractivity contribution in [2.75, 3.05) is 26.4 Å². The summed E-state index contributed by atoms with van der Waals surface area (Å²) in [7, 11) is 0. The predicted octanol–water partition coefficient (Wildman–Crippen LogP) is 2.56. The van der Waals surface area contributed by atoms with Crippen LogP contribution in [-0.2, 0) is 14.3 Å². The van der Waals surface area contributed by atoms with E-state index in [-0.39, 0.29) is 18.6 Å². The van der Waals surface area contributed by atoms with Gasteiger partial charge in [-0.15, -0.1) is 0 Å². The highest BCUT2D eigenvalue weighted by atomic mass is 16.5. The van der Waals surface area contributed by atoms with Crippen LogP contribution < -0.4 is 10.1 Å². The van der Waals surface area contributed by atoms with Crippen molar-refractivity contribution in [2.24, 2.45) is 5.92 Å². The van der Waals surface area contributed by atoms with Crippen molar-refractivity contribution in [1.82, 2.24) is 5.32 Å². The Balaban J connectivity index is 1.69. The molecule has 0 radical (unpaired) electrons. The van der Waals surface area contributed by atoms with E-state index in [9.17, 15) is 9.59 Å². The first-order chi connectivity index (χ1) is 12.0. The van der Waals surface area contributed by atoms with Gasteiger partial charge in [0.1, 0.15) is 12.4 Å². The normalized spacial score (nSPS) is 16.7. The Labute approximate surface area is 148 Å². The van der Waals surface area contributed by atoms with Gasteiger partial charge >= 0.3 is 5.97 Å². The number of ether oxygens (including phenoxy) is 3. The highest BCUT2D eigenvalue weighted by molar-refractivity contribution is 5.91. The van der Waals surface area contributed by atoms with E-state index in [2.05, 4.69) is 19.2 Å². The first kappa shape index (κ1) is 19.2. The zero-order valence-electron chi connectivity index (χ0n) is 15.0. The van der Waals surface area contributed by atoms with Crippen LogP contribution in [0, 0.1) is 5.92 Å². The molecule has 1 aliphatic heterocycles. The van der Waals surface area contributed by atoms with Crippen molar-refractivity contribution >= 4 is 11.9 Å². The van der Waals surface area contributed by atoms with Crippen LogP contribution in [-0.4, -0.2) is 44.3 Å². The average Bonchev–Trinajstić information content (AvgIpc) is 3.11.